The number of rotatable bonds is 4. The number of thioether (sulfide) groups is 1. The number of halogens is 2. The number of hydrogen-bond donors (Lipinski definition) is 1. The summed E-state index contributed by atoms with van der Waals surface area (Å²) in [5, 5.41) is 9.17. The number of amides is 1. The van der Waals surface area contributed by atoms with Crippen LogP contribution in [-0.4, -0.2) is 34.8 Å². The highest BCUT2D eigenvalue weighted by molar-refractivity contribution is 8.15. The Labute approximate surface area is 187 Å². The number of fused-ring (bicyclic) bond motifs is 1. The molecule has 4 rings (SSSR count). The Morgan fingerprint density at radius 2 is 2.10 bits per heavy atom. The summed E-state index contributed by atoms with van der Waals surface area (Å²) in [7, 11) is 3.38. The van der Waals surface area contributed by atoms with Gasteiger partial charge in [0.25, 0.3) is 0 Å². The molecule has 1 aliphatic heterocycles. The third-order valence-corrected chi connectivity index (χ3v) is 8.27. The van der Waals surface area contributed by atoms with Gasteiger partial charge in [0.05, 0.1) is 10.9 Å². The lowest BCUT2D eigenvalue weighted by molar-refractivity contribution is -0.129. The molecule has 9 heteroatoms. The Morgan fingerprint density at radius 1 is 1.35 bits per heavy atom. The van der Waals surface area contributed by atoms with E-state index in [-0.39, 0.29) is 22.9 Å². The number of amidine groups is 1. The first-order valence-corrected chi connectivity index (χ1v) is 11.2. The average molecular weight is 459 g/mol. The van der Waals surface area contributed by atoms with Crippen LogP contribution in [0.3, 0.4) is 0 Å². The van der Waals surface area contributed by atoms with Crippen LogP contribution in [0, 0.1) is 29.0 Å². The standard InChI is InChI=1S/C22H20F2N4OS2/c1-11-18-19(27-21(26)31-22(11,18)20(29)28(2)3)14-8-12(4-6-15(14)23)9-16(24)17-7-5-13(10-25)30-17/h4-9,11,18-19H,1-3H3,(H2,26,27)/b16-9-. The van der Waals surface area contributed by atoms with E-state index in [1.54, 1.807) is 26.2 Å². The molecule has 4 atom stereocenters. The molecule has 5 nitrogen and oxygen atoms in total. The van der Waals surface area contributed by atoms with Gasteiger partial charge in [-0.1, -0.05) is 24.8 Å². The first kappa shape index (κ1) is 21.5. The van der Waals surface area contributed by atoms with Crippen molar-refractivity contribution < 1.29 is 13.6 Å². The minimum absolute atomic E-state index is 0.0342. The summed E-state index contributed by atoms with van der Waals surface area (Å²) in [5.74, 6) is -1.28. The highest BCUT2D eigenvalue weighted by Crippen LogP contribution is 2.68. The maximum Gasteiger partial charge on any atom is 0.239 e. The Kier molecular flexibility index (Phi) is 5.40. The van der Waals surface area contributed by atoms with Gasteiger partial charge in [-0.25, -0.2) is 8.78 Å². The lowest BCUT2D eigenvalue weighted by Gasteiger charge is -2.27. The molecule has 2 N–H and O–H groups in total. The van der Waals surface area contributed by atoms with Crippen LogP contribution >= 0.6 is 23.1 Å². The van der Waals surface area contributed by atoms with Gasteiger partial charge in [-0.15, -0.1) is 11.3 Å². The van der Waals surface area contributed by atoms with Gasteiger partial charge in [-0.3, -0.25) is 9.79 Å². The lowest BCUT2D eigenvalue weighted by Crippen LogP contribution is -2.39. The van der Waals surface area contributed by atoms with Crippen molar-refractivity contribution in [2.45, 2.75) is 17.7 Å². The SMILES string of the molecule is CC1C2C(c3cc(/C=C(\F)c4ccc(C#N)s4)ccc3F)N=C(N)SC12C(=O)N(C)C. The van der Waals surface area contributed by atoms with Crippen molar-refractivity contribution in [3.63, 3.8) is 0 Å². The molecule has 4 unspecified atom stereocenters. The monoisotopic (exact) mass is 458 g/mol. The molecule has 1 amide bonds. The smallest absolute Gasteiger partial charge is 0.239 e. The van der Waals surface area contributed by atoms with Crippen molar-refractivity contribution in [3.8, 4) is 6.07 Å². The van der Waals surface area contributed by atoms with Crippen LogP contribution < -0.4 is 5.73 Å². The van der Waals surface area contributed by atoms with E-state index < -0.39 is 22.4 Å². The van der Waals surface area contributed by atoms with Crippen molar-refractivity contribution in [3.05, 3.63) is 57.0 Å². The van der Waals surface area contributed by atoms with Gasteiger partial charge in [0.15, 0.2) is 5.17 Å². The van der Waals surface area contributed by atoms with Gasteiger partial charge in [-0.05, 0) is 41.8 Å². The van der Waals surface area contributed by atoms with Crippen molar-refractivity contribution >= 4 is 46.1 Å². The van der Waals surface area contributed by atoms with E-state index in [9.17, 15) is 13.6 Å². The molecule has 0 radical (unpaired) electrons. The molecular weight excluding hydrogens is 438 g/mol. The highest BCUT2D eigenvalue weighted by Gasteiger charge is 2.73. The number of thiophene rings is 1. The fourth-order valence-electron chi connectivity index (χ4n) is 4.26. The Balaban J connectivity index is 1.71. The summed E-state index contributed by atoms with van der Waals surface area (Å²) >= 11 is 2.29. The first-order valence-electron chi connectivity index (χ1n) is 9.60. The molecule has 1 fully saturated rings. The fraction of sp³-hybridized carbons (Fsp3) is 0.318. The van der Waals surface area contributed by atoms with Crippen LogP contribution in [0.25, 0.3) is 11.9 Å². The molecule has 0 bridgehead atoms. The van der Waals surface area contributed by atoms with Crippen molar-refractivity contribution in [1.29, 1.82) is 5.26 Å². The van der Waals surface area contributed by atoms with E-state index in [1.165, 1.54) is 40.9 Å². The second-order valence-electron chi connectivity index (χ2n) is 7.87. The van der Waals surface area contributed by atoms with Gasteiger partial charge >= 0.3 is 0 Å². The normalized spacial score (nSPS) is 27.2. The third kappa shape index (κ3) is 3.54. The van der Waals surface area contributed by atoms with Crippen molar-refractivity contribution in [1.82, 2.24) is 4.90 Å². The maximum absolute atomic E-state index is 14.8. The molecule has 0 saturated heterocycles. The molecule has 2 aliphatic rings. The number of nitriles is 1. The average Bonchev–Trinajstić information content (AvgIpc) is 3.11. The Bertz CT molecular complexity index is 1170. The maximum atomic E-state index is 14.8. The van der Waals surface area contributed by atoms with Crippen LogP contribution in [0.5, 0.6) is 0 Å². The van der Waals surface area contributed by atoms with Crippen molar-refractivity contribution in [2.75, 3.05) is 14.1 Å². The molecule has 31 heavy (non-hydrogen) atoms. The van der Waals surface area contributed by atoms with E-state index in [0.29, 0.717) is 20.9 Å². The number of nitrogens with zero attached hydrogens (tertiary/aromatic N) is 3. The Morgan fingerprint density at radius 3 is 2.74 bits per heavy atom. The molecular formula is C22H20F2N4OS2. The van der Waals surface area contributed by atoms with Crippen LogP contribution in [-0.2, 0) is 4.79 Å². The predicted octanol–water partition coefficient (Wildman–Crippen LogP) is 4.42. The number of nitrogens with two attached hydrogens (primary N) is 1. The topological polar surface area (TPSA) is 82.5 Å². The zero-order valence-electron chi connectivity index (χ0n) is 17.1. The zero-order valence-corrected chi connectivity index (χ0v) is 18.7. The predicted molar refractivity (Wildman–Crippen MR) is 120 cm³/mol. The largest absolute Gasteiger partial charge is 0.378 e. The van der Waals surface area contributed by atoms with Gasteiger partial charge in [0, 0.05) is 25.6 Å². The minimum Gasteiger partial charge on any atom is -0.378 e. The number of carbonyl (C=O) groups is 1. The second-order valence-corrected chi connectivity index (χ2v) is 10.3. The molecule has 1 saturated carbocycles. The van der Waals surface area contributed by atoms with Crippen LogP contribution in [0.4, 0.5) is 8.78 Å². The third-order valence-electron chi connectivity index (χ3n) is 5.81. The summed E-state index contributed by atoms with van der Waals surface area (Å²) in [6.45, 7) is 1.95. The summed E-state index contributed by atoms with van der Waals surface area (Å²) < 4.78 is 28.8. The van der Waals surface area contributed by atoms with E-state index in [0.717, 1.165) is 11.3 Å². The fourth-order valence-corrected chi connectivity index (χ4v) is 6.49. The van der Waals surface area contributed by atoms with E-state index in [2.05, 4.69) is 4.99 Å². The van der Waals surface area contributed by atoms with E-state index in [4.69, 9.17) is 11.0 Å². The minimum atomic E-state index is -0.756. The van der Waals surface area contributed by atoms with Gasteiger partial charge in [0.2, 0.25) is 5.91 Å². The van der Waals surface area contributed by atoms with Crippen LogP contribution in [0.15, 0.2) is 35.3 Å². The quantitative estimate of drug-likeness (QED) is 0.735. The number of hydrogen-bond acceptors (Lipinski definition) is 6. The van der Waals surface area contributed by atoms with Gasteiger partial charge < -0.3 is 10.6 Å². The van der Waals surface area contributed by atoms with E-state index in [1.807, 2.05) is 13.0 Å². The molecule has 0 spiro atoms. The van der Waals surface area contributed by atoms with Crippen LogP contribution in [0.2, 0.25) is 0 Å². The van der Waals surface area contributed by atoms with Crippen LogP contribution in [0.1, 0.15) is 33.8 Å². The molecule has 2 heterocycles. The summed E-state index contributed by atoms with van der Waals surface area (Å²) in [4.78, 5) is 19.6. The molecule has 160 valence electrons. The molecule has 2 aromatic rings. The summed E-state index contributed by atoms with van der Waals surface area (Å²) in [6.07, 6.45) is 1.30. The lowest BCUT2D eigenvalue weighted by atomic mass is 9.97. The first-order chi connectivity index (χ1) is 14.7. The number of aliphatic imine (C=N–C) groups is 1. The van der Waals surface area contributed by atoms with Gasteiger partial charge in [0.1, 0.15) is 27.3 Å². The van der Waals surface area contributed by atoms with Crippen molar-refractivity contribution in [2.24, 2.45) is 22.6 Å². The highest BCUT2D eigenvalue weighted by atomic mass is 32.2. The molecule has 1 aromatic carbocycles. The number of benzene rings is 1. The second kappa shape index (κ2) is 7.77. The number of carbonyl (C=O) groups excluding carboxylic acids is 1. The van der Waals surface area contributed by atoms with Gasteiger partial charge in [-0.2, -0.15) is 5.26 Å². The van der Waals surface area contributed by atoms with E-state index >= 15 is 0 Å². The Hall–Kier alpha value is -2.70. The molecule has 1 aromatic heterocycles. The zero-order chi connectivity index (χ0) is 22.5. The summed E-state index contributed by atoms with van der Waals surface area (Å²) in [5.41, 5.74) is 6.80. The summed E-state index contributed by atoms with van der Waals surface area (Å²) in [6, 6.07) is 8.76. The molecule has 1 aliphatic carbocycles.